The lowest BCUT2D eigenvalue weighted by Gasteiger charge is -2.18. The van der Waals surface area contributed by atoms with Crippen molar-refractivity contribution in [2.75, 3.05) is 0 Å². The van der Waals surface area contributed by atoms with Crippen LogP contribution < -0.4 is 4.74 Å². The van der Waals surface area contributed by atoms with Gasteiger partial charge in [-0.1, -0.05) is 39.0 Å². The van der Waals surface area contributed by atoms with Crippen LogP contribution in [-0.2, 0) is 4.79 Å². The molecule has 0 spiro atoms. The molecular formula is C13H17ClO2. The highest BCUT2D eigenvalue weighted by molar-refractivity contribution is 6.64. The summed E-state index contributed by atoms with van der Waals surface area (Å²) < 4.78 is 5.64. The van der Waals surface area contributed by atoms with Gasteiger partial charge < -0.3 is 4.74 Å². The van der Waals surface area contributed by atoms with E-state index >= 15 is 0 Å². The third-order valence-electron chi connectivity index (χ3n) is 2.43. The predicted molar refractivity (Wildman–Crippen MR) is 66.1 cm³/mol. The fraction of sp³-hybridized carbons (Fsp3) is 0.462. The Labute approximate surface area is 102 Å². The lowest BCUT2D eigenvalue weighted by molar-refractivity contribution is -0.118. The Kier molecular flexibility index (Phi) is 4.81. The van der Waals surface area contributed by atoms with E-state index in [1.165, 1.54) is 0 Å². The van der Waals surface area contributed by atoms with Crippen LogP contribution in [0.1, 0.15) is 38.7 Å². The molecule has 0 heterocycles. The summed E-state index contributed by atoms with van der Waals surface area (Å²) in [6.07, 6.45) is 0.0240. The Morgan fingerprint density at radius 2 is 2.00 bits per heavy atom. The average Bonchev–Trinajstić information content (AvgIpc) is 2.25. The predicted octanol–water partition coefficient (Wildman–Crippen LogP) is 3.73. The second-order valence-electron chi connectivity index (χ2n) is 4.01. The molecule has 0 aromatic heterocycles. The number of hydrogen-bond donors (Lipinski definition) is 0. The van der Waals surface area contributed by atoms with Crippen LogP contribution in [0, 0.1) is 0 Å². The maximum absolute atomic E-state index is 11.1. The molecule has 16 heavy (non-hydrogen) atoms. The molecule has 1 atom stereocenters. The quantitative estimate of drug-likeness (QED) is 0.733. The molecule has 0 saturated carbocycles. The van der Waals surface area contributed by atoms with E-state index in [4.69, 9.17) is 16.3 Å². The lowest BCUT2D eigenvalue weighted by Crippen LogP contribution is -2.22. The third kappa shape index (κ3) is 3.24. The summed E-state index contributed by atoms with van der Waals surface area (Å²) >= 11 is 5.46. The van der Waals surface area contributed by atoms with Gasteiger partial charge >= 0.3 is 0 Å². The topological polar surface area (TPSA) is 26.3 Å². The standard InChI is InChI=1S/C13H17ClO2/c1-4-11(13(14)15)16-12-8-6-5-7-10(12)9(2)3/h5-9,11H,4H2,1-3H3/t11-/m1/s1. The number of benzene rings is 1. The lowest BCUT2D eigenvalue weighted by atomic mass is 10.0. The highest BCUT2D eigenvalue weighted by Gasteiger charge is 2.17. The van der Waals surface area contributed by atoms with Gasteiger partial charge in [-0.15, -0.1) is 0 Å². The molecule has 0 amide bonds. The molecule has 0 N–H and O–H groups in total. The van der Waals surface area contributed by atoms with Gasteiger partial charge in [0, 0.05) is 0 Å². The van der Waals surface area contributed by atoms with Gasteiger partial charge in [0.1, 0.15) is 5.75 Å². The molecule has 1 aromatic carbocycles. The van der Waals surface area contributed by atoms with Crippen molar-refractivity contribution in [2.24, 2.45) is 0 Å². The molecule has 0 aliphatic rings. The second kappa shape index (κ2) is 5.90. The Balaban J connectivity index is 2.91. The second-order valence-corrected chi connectivity index (χ2v) is 4.38. The van der Waals surface area contributed by atoms with Gasteiger partial charge in [-0.3, -0.25) is 4.79 Å². The van der Waals surface area contributed by atoms with Gasteiger partial charge in [0.25, 0.3) is 5.24 Å². The van der Waals surface area contributed by atoms with E-state index < -0.39 is 11.3 Å². The van der Waals surface area contributed by atoms with Crippen molar-refractivity contribution in [3.05, 3.63) is 29.8 Å². The molecule has 0 unspecified atom stereocenters. The molecule has 3 heteroatoms. The van der Waals surface area contributed by atoms with Crippen molar-refractivity contribution >= 4 is 16.8 Å². The van der Waals surface area contributed by atoms with Crippen LogP contribution in [0.5, 0.6) is 5.75 Å². The third-order valence-corrected chi connectivity index (χ3v) is 2.68. The monoisotopic (exact) mass is 240 g/mol. The van der Waals surface area contributed by atoms with Crippen molar-refractivity contribution in [3.8, 4) is 5.75 Å². The highest BCUT2D eigenvalue weighted by Crippen LogP contribution is 2.27. The normalized spacial score (nSPS) is 12.6. The Morgan fingerprint density at radius 1 is 1.38 bits per heavy atom. The van der Waals surface area contributed by atoms with Gasteiger partial charge in [-0.05, 0) is 35.6 Å². The minimum Gasteiger partial charge on any atom is -0.481 e. The number of carbonyl (C=O) groups excluding carboxylic acids is 1. The first kappa shape index (κ1) is 13.0. The molecule has 0 aliphatic carbocycles. The Morgan fingerprint density at radius 3 is 2.50 bits per heavy atom. The van der Waals surface area contributed by atoms with E-state index in [0.29, 0.717) is 12.3 Å². The van der Waals surface area contributed by atoms with E-state index in [9.17, 15) is 4.79 Å². The summed E-state index contributed by atoms with van der Waals surface area (Å²) in [5.41, 5.74) is 1.10. The zero-order chi connectivity index (χ0) is 12.1. The first-order valence-electron chi connectivity index (χ1n) is 5.51. The molecule has 0 saturated heterocycles. The van der Waals surface area contributed by atoms with Crippen LogP contribution in [0.15, 0.2) is 24.3 Å². The molecule has 0 bridgehead atoms. The molecule has 0 aliphatic heterocycles. The number of hydrogen-bond acceptors (Lipinski definition) is 2. The van der Waals surface area contributed by atoms with Gasteiger partial charge in [-0.2, -0.15) is 0 Å². The number of carbonyl (C=O) groups is 1. The van der Waals surface area contributed by atoms with Crippen LogP contribution in [0.4, 0.5) is 0 Å². The van der Waals surface area contributed by atoms with Crippen LogP contribution in [0.3, 0.4) is 0 Å². The minimum atomic E-state index is -0.554. The van der Waals surface area contributed by atoms with Gasteiger partial charge in [-0.25, -0.2) is 0 Å². The van der Waals surface area contributed by atoms with E-state index in [2.05, 4.69) is 13.8 Å². The maximum Gasteiger partial charge on any atom is 0.262 e. The van der Waals surface area contributed by atoms with Crippen molar-refractivity contribution < 1.29 is 9.53 Å². The summed E-state index contributed by atoms with van der Waals surface area (Å²) in [5, 5.41) is -0.443. The summed E-state index contributed by atoms with van der Waals surface area (Å²) in [7, 11) is 0. The van der Waals surface area contributed by atoms with E-state index in [1.807, 2.05) is 31.2 Å². The smallest absolute Gasteiger partial charge is 0.262 e. The molecule has 2 nitrogen and oxygen atoms in total. The van der Waals surface area contributed by atoms with E-state index in [-0.39, 0.29) is 0 Å². The van der Waals surface area contributed by atoms with Crippen LogP contribution in [-0.4, -0.2) is 11.3 Å². The van der Waals surface area contributed by atoms with Crippen molar-refractivity contribution in [1.29, 1.82) is 0 Å². The zero-order valence-electron chi connectivity index (χ0n) is 9.87. The Bertz CT molecular complexity index is 361. The van der Waals surface area contributed by atoms with Gasteiger partial charge in [0.2, 0.25) is 0 Å². The Hall–Kier alpha value is -1.02. The minimum absolute atomic E-state index is 0.360. The van der Waals surface area contributed by atoms with E-state index in [0.717, 1.165) is 11.3 Å². The molecule has 0 radical (unpaired) electrons. The maximum atomic E-state index is 11.1. The SMILES string of the molecule is CC[C@@H](Oc1ccccc1C(C)C)C(=O)Cl. The number of rotatable bonds is 5. The average molecular weight is 241 g/mol. The summed E-state index contributed by atoms with van der Waals surface area (Å²) in [6.45, 7) is 6.06. The fourth-order valence-corrected chi connectivity index (χ4v) is 1.71. The van der Waals surface area contributed by atoms with Crippen LogP contribution in [0.2, 0.25) is 0 Å². The van der Waals surface area contributed by atoms with Crippen molar-refractivity contribution in [2.45, 2.75) is 39.2 Å². The summed E-state index contributed by atoms with van der Waals surface area (Å²) in [5.74, 6) is 1.11. The molecule has 88 valence electrons. The van der Waals surface area contributed by atoms with Crippen molar-refractivity contribution in [3.63, 3.8) is 0 Å². The van der Waals surface area contributed by atoms with Crippen LogP contribution in [0.25, 0.3) is 0 Å². The first-order chi connectivity index (χ1) is 7.56. The molecule has 1 rings (SSSR count). The number of para-hydroxylation sites is 1. The zero-order valence-corrected chi connectivity index (χ0v) is 10.6. The molecule has 0 fully saturated rings. The van der Waals surface area contributed by atoms with Crippen molar-refractivity contribution in [1.82, 2.24) is 0 Å². The van der Waals surface area contributed by atoms with Gasteiger partial charge in [0.15, 0.2) is 6.10 Å². The number of halogens is 1. The summed E-state index contributed by atoms with van der Waals surface area (Å²) in [6, 6.07) is 7.74. The molecular weight excluding hydrogens is 224 g/mol. The highest BCUT2D eigenvalue weighted by atomic mass is 35.5. The van der Waals surface area contributed by atoms with E-state index in [1.54, 1.807) is 0 Å². The summed E-state index contributed by atoms with van der Waals surface area (Å²) in [4.78, 5) is 11.1. The first-order valence-corrected chi connectivity index (χ1v) is 5.89. The van der Waals surface area contributed by atoms with Crippen LogP contribution >= 0.6 is 11.6 Å². The fourth-order valence-electron chi connectivity index (χ4n) is 1.51. The van der Waals surface area contributed by atoms with Gasteiger partial charge in [0.05, 0.1) is 0 Å². The molecule has 1 aromatic rings. The number of ether oxygens (including phenoxy) is 1. The largest absolute Gasteiger partial charge is 0.481 e.